The number of para-hydroxylation sites is 1. The van der Waals surface area contributed by atoms with Gasteiger partial charge in [0, 0.05) is 10.9 Å². The number of nitrogens with zero attached hydrogens (tertiary/aromatic N) is 1. The molecule has 1 aliphatic rings. The second-order valence-electron chi connectivity index (χ2n) is 5.03. The van der Waals surface area contributed by atoms with Gasteiger partial charge in [-0.3, -0.25) is 0 Å². The van der Waals surface area contributed by atoms with Crippen molar-refractivity contribution >= 4 is 11.0 Å². The van der Waals surface area contributed by atoms with E-state index in [-0.39, 0.29) is 11.5 Å². The van der Waals surface area contributed by atoms with E-state index < -0.39 is 0 Å². The Bertz CT molecular complexity index is 604. The van der Waals surface area contributed by atoms with Crippen molar-refractivity contribution in [3.8, 4) is 6.07 Å². The highest BCUT2D eigenvalue weighted by molar-refractivity contribution is 5.81. The van der Waals surface area contributed by atoms with Gasteiger partial charge in [0.25, 0.3) is 0 Å². The molecule has 1 N–H and O–H groups in total. The van der Waals surface area contributed by atoms with Gasteiger partial charge >= 0.3 is 0 Å². The van der Waals surface area contributed by atoms with E-state index >= 15 is 0 Å². The van der Waals surface area contributed by atoms with Crippen LogP contribution in [0.4, 0.5) is 0 Å². The Morgan fingerprint density at radius 3 is 2.78 bits per heavy atom. The summed E-state index contributed by atoms with van der Waals surface area (Å²) >= 11 is 0. The monoisotopic (exact) mass is 240 g/mol. The number of hydrogen-bond donors (Lipinski definition) is 1. The highest BCUT2D eigenvalue weighted by Crippen LogP contribution is 2.50. The zero-order valence-electron chi connectivity index (χ0n) is 10.4. The van der Waals surface area contributed by atoms with E-state index in [1.54, 1.807) is 6.26 Å². The molecule has 0 spiro atoms. The summed E-state index contributed by atoms with van der Waals surface area (Å²) in [6.45, 7) is 0. The zero-order valence-corrected chi connectivity index (χ0v) is 10.4. The van der Waals surface area contributed by atoms with Gasteiger partial charge in [0.2, 0.25) is 0 Å². The highest BCUT2D eigenvalue weighted by atomic mass is 16.3. The van der Waals surface area contributed by atoms with Gasteiger partial charge in [0.15, 0.2) is 0 Å². The van der Waals surface area contributed by atoms with Gasteiger partial charge in [-0.05, 0) is 26.0 Å². The molecule has 92 valence electrons. The van der Waals surface area contributed by atoms with E-state index in [0.29, 0.717) is 0 Å². The lowest BCUT2D eigenvalue weighted by molar-refractivity contribution is 0.149. The van der Waals surface area contributed by atoms with Crippen LogP contribution in [0.5, 0.6) is 0 Å². The van der Waals surface area contributed by atoms with Gasteiger partial charge in [0.1, 0.15) is 5.58 Å². The molecule has 3 heteroatoms. The van der Waals surface area contributed by atoms with Crippen LogP contribution in [0.1, 0.15) is 30.9 Å². The number of rotatable bonds is 3. The van der Waals surface area contributed by atoms with Gasteiger partial charge < -0.3 is 9.73 Å². The lowest BCUT2D eigenvalue weighted by atomic mass is 9.63. The van der Waals surface area contributed by atoms with Crippen LogP contribution in [-0.4, -0.2) is 7.05 Å². The van der Waals surface area contributed by atoms with E-state index in [0.717, 1.165) is 35.8 Å². The first kappa shape index (κ1) is 11.3. The van der Waals surface area contributed by atoms with E-state index in [9.17, 15) is 5.26 Å². The SMILES string of the molecule is CNC(c1coc2ccccc12)C1(C#N)CCC1. The van der Waals surface area contributed by atoms with Crippen molar-refractivity contribution in [2.75, 3.05) is 7.05 Å². The number of nitriles is 1. The largest absolute Gasteiger partial charge is 0.464 e. The third-order valence-electron chi connectivity index (χ3n) is 4.13. The average Bonchev–Trinajstić information content (AvgIpc) is 2.77. The van der Waals surface area contributed by atoms with Crippen LogP contribution >= 0.6 is 0 Å². The van der Waals surface area contributed by atoms with Crippen LogP contribution in [0.25, 0.3) is 11.0 Å². The van der Waals surface area contributed by atoms with Crippen molar-refractivity contribution < 1.29 is 4.42 Å². The quantitative estimate of drug-likeness (QED) is 0.894. The highest BCUT2D eigenvalue weighted by Gasteiger charge is 2.45. The van der Waals surface area contributed by atoms with E-state index in [1.807, 2.05) is 25.2 Å². The molecule has 0 amide bonds. The first-order chi connectivity index (χ1) is 8.80. The first-order valence-electron chi connectivity index (χ1n) is 6.35. The van der Waals surface area contributed by atoms with Crippen LogP contribution < -0.4 is 5.32 Å². The minimum atomic E-state index is -0.263. The smallest absolute Gasteiger partial charge is 0.134 e. The standard InChI is InChI=1S/C15H16N2O/c1-17-14(15(10-16)7-4-8-15)12-9-18-13-6-3-2-5-11(12)13/h2-3,5-6,9,14,17H,4,7-8H2,1H3. The van der Waals surface area contributed by atoms with E-state index in [2.05, 4.69) is 17.5 Å². The molecule has 0 aliphatic heterocycles. The molecule has 3 rings (SSSR count). The van der Waals surface area contributed by atoms with Crippen LogP contribution in [-0.2, 0) is 0 Å². The fourth-order valence-electron chi connectivity index (χ4n) is 2.97. The minimum Gasteiger partial charge on any atom is -0.464 e. The molecule has 1 aromatic heterocycles. The third-order valence-corrected chi connectivity index (χ3v) is 4.13. The Morgan fingerprint density at radius 2 is 2.17 bits per heavy atom. The predicted molar refractivity (Wildman–Crippen MR) is 69.9 cm³/mol. The molecule has 1 saturated carbocycles. The lowest BCUT2D eigenvalue weighted by Crippen LogP contribution is -2.40. The van der Waals surface area contributed by atoms with E-state index in [4.69, 9.17) is 4.42 Å². The molecule has 1 aromatic carbocycles. The van der Waals surface area contributed by atoms with Gasteiger partial charge in [-0.25, -0.2) is 0 Å². The summed E-state index contributed by atoms with van der Waals surface area (Å²) in [5.74, 6) is 0. The van der Waals surface area contributed by atoms with Crippen molar-refractivity contribution in [3.63, 3.8) is 0 Å². The maximum absolute atomic E-state index is 9.49. The summed E-state index contributed by atoms with van der Waals surface area (Å²) in [4.78, 5) is 0. The second-order valence-corrected chi connectivity index (χ2v) is 5.03. The number of fused-ring (bicyclic) bond motifs is 1. The zero-order chi connectivity index (χ0) is 12.6. The average molecular weight is 240 g/mol. The maximum Gasteiger partial charge on any atom is 0.134 e. The molecule has 1 unspecified atom stereocenters. The lowest BCUT2D eigenvalue weighted by Gasteiger charge is -2.41. The molecule has 3 nitrogen and oxygen atoms in total. The molecule has 1 heterocycles. The fraction of sp³-hybridized carbons (Fsp3) is 0.400. The Balaban J connectivity index is 2.09. The molecule has 1 atom stereocenters. The van der Waals surface area contributed by atoms with Crippen molar-refractivity contribution in [3.05, 3.63) is 36.1 Å². The molecular weight excluding hydrogens is 224 g/mol. The van der Waals surface area contributed by atoms with Crippen molar-refractivity contribution in [1.82, 2.24) is 5.32 Å². The summed E-state index contributed by atoms with van der Waals surface area (Å²) in [5.41, 5.74) is 1.73. The van der Waals surface area contributed by atoms with Crippen LogP contribution in [0, 0.1) is 16.7 Å². The Morgan fingerprint density at radius 1 is 1.39 bits per heavy atom. The molecule has 0 saturated heterocycles. The normalized spacial score (nSPS) is 19.1. The van der Waals surface area contributed by atoms with Gasteiger partial charge in [-0.1, -0.05) is 24.6 Å². The van der Waals surface area contributed by atoms with E-state index in [1.165, 1.54) is 0 Å². The molecule has 0 radical (unpaired) electrons. The maximum atomic E-state index is 9.49. The van der Waals surface area contributed by atoms with Gasteiger partial charge in [-0.2, -0.15) is 5.26 Å². The number of furan rings is 1. The Labute approximate surface area is 106 Å². The summed E-state index contributed by atoms with van der Waals surface area (Å²) in [5, 5.41) is 13.9. The first-order valence-corrected chi connectivity index (χ1v) is 6.35. The number of hydrogen-bond acceptors (Lipinski definition) is 3. The Kier molecular flexibility index (Phi) is 2.61. The summed E-state index contributed by atoms with van der Waals surface area (Å²) in [6, 6.07) is 10.6. The van der Waals surface area contributed by atoms with Crippen LogP contribution in [0.3, 0.4) is 0 Å². The minimum absolute atomic E-state index is 0.0555. The molecule has 18 heavy (non-hydrogen) atoms. The van der Waals surface area contributed by atoms with Crippen molar-refractivity contribution in [2.24, 2.45) is 5.41 Å². The van der Waals surface area contributed by atoms with Crippen LogP contribution in [0.15, 0.2) is 34.9 Å². The van der Waals surface area contributed by atoms with Crippen molar-refractivity contribution in [1.29, 1.82) is 5.26 Å². The summed E-state index contributed by atoms with van der Waals surface area (Å²) < 4.78 is 5.59. The number of benzene rings is 1. The van der Waals surface area contributed by atoms with Gasteiger partial charge in [0.05, 0.1) is 23.8 Å². The van der Waals surface area contributed by atoms with Crippen molar-refractivity contribution in [2.45, 2.75) is 25.3 Å². The summed E-state index contributed by atoms with van der Waals surface area (Å²) in [6.07, 6.45) is 4.87. The topological polar surface area (TPSA) is 49.0 Å². The predicted octanol–water partition coefficient (Wildman–Crippen LogP) is 3.39. The molecule has 1 fully saturated rings. The molecule has 1 aliphatic carbocycles. The molecular formula is C15H16N2O. The number of nitrogens with one attached hydrogen (secondary N) is 1. The van der Waals surface area contributed by atoms with Gasteiger partial charge in [-0.15, -0.1) is 0 Å². The third kappa shape index (κ3) is 1.46. The molecule has 2 aromatic rings. The second kappa shape index (κ2) is 4.15. The van der Waals surface area contributed by atoms with Crippen LogP contribution in [0.2, 0.25) is 0 Å². The fourth-order valence-corrected chi connectivity index (χ4v) is 2.97. The summed E-state index contributed by atoms with van der Waals surface area (Å²) in [7, 11) is 1.92. The molecule has 0 bridgehead atoms. The Hall–Kier alpha value is -1.79.